The van der Waals surface area contributed by atoms with Crippen LogP contribution in [0.2, 0.25) is 0 Å². The molecule has 5 heteroatoms. The summed E-state index contributed by atoms with van der Waals surface area (Å²) in [6.45, 7) is 2.22. The molecule has 0 unspecified atom stereocenters. The van der Waals surface area contributed by atoms with Crippen LogP contribution in [0.4, 0.5) is 0 Å². The molecule has 0 fully saturated rings. The summed E-state index contributed by atoms with van der Waals surface area (Å²) < 4.78 is 5.82. The normalized spacial score (nSPS) is 10.6. The Morgan fingerprint density at radius 3 is 2.57 bits per heavy atom. The van der Waals surface area contributed by atoms with E-state index < -0.39 is 0 Å². The Kier molecular flexibility index (Phi) is 8.20. The van der Waals surface area contributed by atoms with Crippen molar-refractivity contribution in [1.29, 1.82) is 0 Å². The quantitative estimate of drug-likeness (QED) is 0.623. The van der Waals surface area contributed by atoms with Gasteiger partial charge in [-0.15, -0.1) is 12.4 Å². The zero-order valence-corrected chi connectivity index (χ0v) is 13.3. The van der Waals surface area contributed by atoms with Gasteiger partial charge in [0.2, 0.25) is 0 Å². The summed E-state index contributed by atoms with van der Waals surface area (Å²) in [6, 6.07) is 6.20. The molecule has 0 atom stereocenters. The standard InChI is InChI=1S/C16H25N3O.ClH/c17-8-3-1-2-4-10-20-14-5-6-16-15(11-14)13(7-9-18)12-19-16;/h5-6,11-12,19H,1-4,7-10,17-18H2;1H. The van der Waals surface area contributed by atoms with Gasteiger partial charge in [0.1, 0.15) is 5.75 Å². The molecule has 5 N–H and O–H groups in total. The Labute approximate surface area is 132 Å². The molecule has 1 heterocycles. The first-order chi connectivity index (χ1) is 9.85. The van der Waals surface area contributed by atoms with Crippen molar-refractivity contribution < 1.29 is 4.74 Å². The molecule has 2 rings (SSSR count). The van der Waals surface area contributed by atoms with Crippen molar-refractivity contribution in [3.05, 3.63) is 30.0 Å². The molecule has 0 bridgehead atoms. The molecule has 0 amide bonds. The third-order valence-corrected chi connectivity index (χ3v) is 3.52. The maximum Gasteiger partial charge on any atom is 0.120 e. The number of unbranched alkanes of at least 4 members (excludes halogenated alkanes) is 3. The first kappa shape index (κ1) is 17.8. The van der Waals surface area contributed by atoms with Crippen molar-refractivity contribution in [2.24, 2.45) is 11.5 Å². The van der Waals surface area contributed by atoms with Crippen LogP contribution in [0.1, 0.15) is 31.2 Å². The topological polar surface area (TPSA) is 77.1 Å². The van der Waals surface area contributed by atoms with Gasteiger partial charge in [-0.3, -0.25) is 0 Å². The Morgan fingerprint density at radius 1 is 1.00 bits per heavy atom. The molecular weight excluding hydrogens is 286 g/mol. The number of H-pyrrole nitrogens is 1. The first-order valence-corrected chi connectivity index (χ1v) is 7.48. The number of halogens is 1. The van der Waals surface area contributed by atoms with Crippen LogP contribution in [0, 0.1) is 0 Å². The highest BCUT2D eigenvalue weighted by Gasteiger charge is 2.04. The minimum Gasteiger partial charge on any atom is -0.494 e. The Morgan fingerprint density at radius 2 is 1.81 bits per heavy atom. The van der Waals surface area contributed by atoms with E-state index in [2.05, 4.69) is 17.1 Å². The number of benzene rings is 1. The zero-order valence-electron chi connectivity index (χ0n) is 12.4. The van der Waals surface area contributed by atoms with Gasteiger partial charge >= 0.3 is 0 Å². The maximum atomic E-state index is 5.82. The molecule has 0 spiro atoms. The smallest absolute Gasteiger partial charge is 0.120 e. The molecule has 0 radical (unpaired) electrons. The van der Waals surface area contributed by atoms with Gasteiger partial charge in [0.25, 0.3) is 0 Å². The lowest BCUT2D eigenvalue weighted by Crippen LogP contribution is -2.02. The number of rotatable bonds is 9. The van der Waals surface area contributed by atoms with E-state index in [4.69, 9.17) is 16.2 Å². The highest BCUT2D eigenvalue weighted by molar-refractivity contribution is 5.85. The van der Waals surface area contributed by atoms with Crippen LogP contribution in [0.3, 0.4) is 0 Å². The van der Waals surface area contributed by atoms with Crippen molar-refractivity contribution in [1.82, 2.24) is 4.98 Å². The number of fused-ring (bicyclic) bond motifs is 1. The van der Waals surface area contributed by atoms with E-state index >= 15 is 0 Å². The predicted molar refractivity (Wildman–Crippen MR) is 91.3 cm³/mol. The lowest BCUT2D eigenvalue weighted by atomic mass is 10.1. The SMILES string of the molecule is Cl.NCCCCCCOc1ccc2[nH]cc(CCN)c2c1. The third kappa shape index (κ3) is 5.23. The summed E-state index contributed by atoms with van der Waals surface area (Å²) in [5, 5.41) is 1.22. The van der Waals surface area contributed by atoms with Gasteiger partial charge in [-0.25, -0.2) is 0 Å². The molecule has 2 aromatic rings. The van der Waals surface area contributed by atoms with Crippen LogP contribution in [0.5, 0.6) is 5.75 Å². The number of aromatic amines is 1. The van der Waals surface area contributed by atoms with E-state index in [1.165, 1.54) is 23.8 Å². The van der Waals surface area contributed by atoms with E-state index in [-0.39, 0.29) is 12.4 Å². The van der Waals surface area contributed by atoms with E-state index in [9.17, 15) is 0 Å². The Balaban J connectivity index is 0.00000220. The van der Waals surface area contributed by atoms with Gasteiger partial charge in [0.05, 0.1) is 6.61 Å². The van der Waals surface area contributed by atoms with Gasteiger partial charge in [0.15, 0.2) is 0 Å². The fourth-order valence-electron chi connectivity index (χ4n) is 2.40. The summed E-state index contributed by atoms with van der Waals surface area (Å²) in [4.78, 5) is 3.27. The molecule has 0 aliphatic rings. The molecule has 21 heavy (non-hydrogen) atoms. The predicted octanol–water partition coefficient (Wildman–Crippen LogP) is 2.99. The summed E-state index contributed by atoms with van der Waals surface area (Å²) >= 11 is 0. The van der Waals surface area contributed by atoms with E-state index in [0.29, 0.717) is 6.54 Å². The minimum atomic E-state index is 0. The van der Waals surface area contributed by atoms with Gasteiger partial charge in [-0.1, -0.05) is 12.8 Å². The molecule has 1 aromatic carbocycles. The average molecular weight is 312 g/mol. The number of nitrogens with two attached hydrogens (primary N) is 2. The van der Waals surface area contributed by atoms with Crippen LogP contribution in [-0.2, 0) is 6.42 Å². The number of nitrogens with one attached hydrogen (secondary N) is 1. The Bertz CT molecular complexity index is 527. The molecular formula is C16H26ClN3O. The molecule has 0 saturated heterocycles. The number of aromatic nitrogens is 1. The van der Waals surface area contributed by atoms with Crippen LogP contribution < -0.4 is 16.2 Å². The third-order valence-electron chi connectivity index (χ3n) is 3.52. The van der Waals surface area contributed by atoms with Crippen molar-refractivity contribution in [2.45, 2.75) is 32.1 Å². The van der Waals surface area contributed by atoms with Crippen LogP contribution in [0.15, 0.2) is 24.4 Å². The zero-order chi connectivity index (χ0) is 14.2. The summed E-state index contributed by atoms with van der Waals surface area (Å²) in [5.41, 5.74) is 13.5. The van der Waals surface area contributed by atoms with Crippen molar-refractivity contribution in [2.75, 3.05) is 19.7 Å². The van der Waals surface area contributed by atoms with Crippen molar-refractivity contribution in [3.63, 3.8) is 0 Å². The second-order valence-corrected chi connectivity index (χ2v) is 5.11. The lowest BCUT2D eigenvalue weighted by Gasteiger charge is -2.06. The largest absolute Gasteiger partial charge is 0.494 e. The second-order valence-electron chi connectivity index (χ2n) is 5.11. The average Bonchev–Trinajstić information content (AvgIpc) is 2.86. The van der Waals surface area contributed by atoms with Gasteiger partial charge in [0, 0.05) is 17.1 Å². The van der Waals surface area contributed by atoms with E-state index in [1.807, 2.05) is 12.3 Å². The summed E-state index contributed by atoms with van der Waals surface area (Å²) in [7, 11) is 0. The highest BCUT2D eigenvalue weighted by atomic mass is 35.5. The van der Waals surface area contributed by atoms with Crippen LogP contribution in [-0.4, -0.2) is 24.7 Å². The fourth-order valence-corrected chi connectivity index (χ4v) is 2.40. The second kappa shape index (κ2) is 9.66. The lowest BCUT2D eigenvalue weighted by molar-refractivity contribution is 0.305. The van der Waals surface area contributed by atoms with E-state index in [1.54, 1.807) is 0 Å². The van der Waals surface area contributed by atoms with Crippen molar-refractivity contribution in [3.8, 4) is 5.75 Å². The summed E-state index contributed by atoms with van der Waals surface area (Å²) in [6.07, 6.45) is 7.49. The maximum absolute atomic E-state index is 5.82. The molecule has 1 aromatic heterocycles. The van der Waals surface area contributed by atoms with Crippen LogP contribution >= 0.6 is 12.4 Å². The first-order valence-electron chi connectivity index (χ1n) is 7.48. The Hall–Kier alpha value is -1.23. The van der Waals surface area contributed by atoms with Crippen molar-refractivity contribution >= 4 is 23.3 Å². The minimum absolute atomic E-state index is 0. The summed E-state index contributed by atoms with van der Waals surface area (Å²) in [5.74, 6) is 0.939. The van der Waals surface area contributed by atoms with Gasteiger partial charge in [-0.2, -0.15) is 0 Å². The van der Waals surface area contributed by atoms with E-state index in [0.717, 1.165) is 43.7 Å². The number of ether oxygens (including phenoxy) is 1. The number of hydrogen-bond acceptors (Lipinski definition) is 3. The fraction of sp³-hybridized carbons (Fsp3) is 0.500. The van der Waals surface area contributed by atoms with Gasteiger partial charge < -0.3 is 21.2 Å². The molecule has 0 aliphatic carbocycles. The number of hydrogen-bond donors (Lipinski definition) is 3. The highest BCUT2D eigenvalue weighted by Crippen LogP contribution is 2.24. The monoisotopic (exact) mass is 311 g/mol. The van der Waals surface area contributed by atoms with Gasteiger partial charge in [-0.05, 0) is 56.1 Å². The molecule has 4 nitrogen and oxygen atoms in total. The molecule has 0 saturated carbocycles. The molecule has 118 valence electrons. The van der Waals surface area contributed by atoms with Crippen LogP contribution in [0.25, 0.3) is 10.9 Å². The molecule has 0 aliphatic heterocycles.